The Bertz CT molecular complexity index is 309. The molecular weight excluding hydrogens is 286 g/mol. The number of rotatable bonds is 16. The van der Waals surface area contributed by atoms with Crippen LogP contribution in [0, 0.1) is 5.92 Å². The highest BCUT2D eigenvalue weighted by molar-refractivity contribution is 5.32. The van der Waals surface area contributed by atoms with Crippen LogP contribution in [0.5, 0.6) is 0 Å². The van der Waals surface area contributed by atoms with E-state index in [9.17, 15) is 4.79 Å². The molecule has 0 amide bonds. The fraction of sp³-hybridized carbons (Fsp3) is 0.950. The Hall–Kier alpha value is -0.660. The number of hydrogen-bond acceptors (Lipinski definition) is 3. The zero-order valence-corrected chi connectivity index (χ0v) is 16.0. The molecular formula is C20H39NO2. The van der Waals surface area contributed by atoms with Gasteiger partial charge in [0.25, 0.3) is 0 Å². The van der Waals surface area contributed by atoms with Gasteiger partial charge in [0.2, 0.25) is 6.08 Å². The van der Waals surface area contributed by atoms with Gasteiger partial charge in [-0.1, -0.05) is 64.7 Å². The van der Waals surface area contributed by atoms with E-state index in [4.69, 9.17) is 4.74 Å². The lowest BCUT2D eigenvalue weighted by molar-refractivity contribution is -0.0352. The summed E-state index contributed by atoms with van der Waals surface area (Å²) in [5.74, 6) is 0.645. The largest absolute Gasteiger partial charge is 0.379 e. The van der Waals surface area contributed by atoms with Gasteiger partial charge in [-0.25, -0.2) is 9.79 Å². The average Bonchev–Trinajstić information content (AvgIpc) is 2.55. The zero-order chi connectivity index (χ0) is 17.4. The van der Waals surface area contributed by atoms with E-state index in [0.29, 0.717) is 12.5 Å². The lowest BCUT2D eigenvalue weighted by Gasteiger charge is -2.33. The van der Waals surface area contributed by atoms with Crippen molar-refractivity contribution in [2.75, 3.05) is 13.7 Å². The van der Waals surface area contributed by atoms with Crippen molar-refractivity contribution in [1.82, 2.24) is 0 Å². The minimum atomic E-state index is -0.0226. The monoisotopic (exact) mass is 325 g/mol. The summed E-state index contributed by atoms with van der Waals surface area (Å²) in [7, 11) is 1.84. The number of nitrogens with zero attached hydrogens (tertiary/aromatic N) is 1. The summed E-state index contributed by atoms with van der Waals surface area (Å²) < 4.78 is 5.75. The number of ether oxygens (including phenoxy) is 1. The molecule has 0 fully saturated rings. The minimum Gasteiger partial charge on any atom is -0.379 e. The molecule has 3 nitrogen and oxygen atoms in total. The number of aliphatic imine (C=N–C) groups is 1. The van der Waals surface area contributed by atoms with Crippen molar-refractivity contribution < 1.29 is 9.53 Å². The molecule has 0 aliphatic rings. The number of carbonyl (C=O) groups excluding carboxylic acids is 1. The van der Waals surface area contributed by atoms with Crippen LogP contribution >= 0.6 is 0 Å². The maximum atomic E-state index is 10.0. The summed E-state index contributed by atoms with van der Waals surface area (Å²) in [6.07, 6.45) is 16.9. The van der Waals surface area contributed by atoms with Crippen LogP contribution in [0.25, 0.3) is 0 Å². The van der Waals surface area contributed by atoms with Crippen LogP contribution in [-0.2, 0) is 9.53 Å². The predicted molar refractivity (Wildman–Crippen MR) is 98.6 cm³/mol. The molecule has 0 aromatic rings. The smallest absolute Gasteiger partial charge is 0.234 e. The fourth-order valence-electron chi connectivity index (χ4n) is 3.16. The number of hydrogen-bond donors (Lipinski definition) is 0. The first-order valence-corrected chi connectivity index (χ1v) is 9.67. The summed E-state index contributed by atoms with van der Waals surface area (Å²) in [5.41, 5.74) is -0.0226. The van der Waals surface area contributed by atoms with Gasteiger partial charge in [0.05, 0.1) is 12.1 Å². The highest BCUT2D eigenvalue weighted by Crippen LogP contribution is 2.31. The Labute approximate surface area is 144 Å². The first kappa shape index (κ1) is 22.3. The van der Waals surface area contributed by atoms with Crippen molar-refractivity contribution in [3.8, 4) is 0 Å². The molecule has 0 heterocycles. The molecule has 0 bridgehead atoms. The van der Waals surface area contributed by atoms with Crippen LogP contribution in [0.15, 0.2) is 4.99 Å². The van der Waals surface area contributed by atoms with Crippen LogP contribution in [-0.4, -0.2) is 25.3 Å². The van der Waals surface area contributed by atoms with E-state index in [1.165, 1.54) is 64.2 Å². The van der Waals surface area contributed by atoms with Gasteiger partial charge < -0.3 is 4.74 Å². The highest BCUT2D eigenvalue weighted by Gasteiger charge is 2.28. The molecule has 136 valence electrons. The fourth-order valence-corrected chi connectivity index (χ4v) is 3.16. The Morgan fingerprint density at radius 2 is 1.43 bits per heavy atom. The molecule has 23 heavy (non-hydrogen) atoms. The topological polar surface area (TPSA) is 38.7 Å². The molecule has 3 heteroatoms. The molecule has 0 aliphatic carbocycles. The first-order valence-electron chi connectivity index (χ1n) is 9.67. The van der Waals surface area contributed by atoms with E-state index in [2.05, 4.69) is 25.8 Å². The molecule has 0 spiro atoms. The van der Waals surface area contributed by atoms with Gasteiger partial charge in [-0.15, -0.1) is 0 Å². The molecule has 0 rings (SSSR count). The van der Waals surface area contributed by atoms with Gasteiger partial charge in [-0.2, -0.15) is 0 Å². The summed E-state index contributed by atoms with van der Waals surface area (Å²) >= 11 is 0. The Morgan fingerprint density at radius 1 is 0.913 bits per heavy atom. The molecule has 0 aromatic carbocycles. The van der Waals surface area contributed by atoms with Gasteiger partial charge in [0.1, 0.15) is 0 Å². The molecule has 1 unspecified atom stereocenters. The molecule has 0 saturated heterocycles. The van der Waals surface area contributed by atoms with Crippen LogP contribution in [0.3, 0.4) is 0 Å². The summed E-state index contributed by atoms with van der Waals surface area (Å²) in [4.78, 5) is 13.6. The first-order chi connectivity index (χ1) is 11.1. The van der Waals surface area contributed by atoms with Gasteiger partial charge in [0.15, 0.2) is 0 Å². The van der Waals surface area contributed by atoms with Crippen LogP contribution in [0.1, 0.15) is 97.8 Å². The van der Waals surface area contributed by atoms with Crippen LogP contribution in [0.4, 0.5) is 0 Å². The quantitative estimate of drug-likeness (QED) is 0.196. The van der Waals surface area contributed by atoms with E-state index >= 15 is 0 Å². The summed E-state index contributed by atoms with van der Waals surface area (Å²) in [5, 5.41) is 0. The minimum absolute atomic E-state index is 0.0226. The van der Waals surface area contributed by atoms with E-state index in [-0.39, 0.29) is 5.60 Å². The Morgan fingerprint density at radius 3 is 1.96 bits per heavy atom. The predicted octanol–water partition coefficient (Wildman–Crippen LogP) is 6.06. The Kier molecular flexibility index (Phi) is 14.5. The van der Waals surface area contributed by atoms with Crippen molar-refractivity contribution in [3.05, 3.63) is 0 Å². The van der Waals surface area contributed by atoms with E-state index in [1.54, 1.807) is 6.08 Å². The van der Waals surface area contributed by atoms with Gasteiger partial charge in [-0.3, -0.25) is 0 Å². The molecule has 0 aliphatic heterocycles. The maximum Gasteiger partial charge on any atom is 0.234 e. The molecule has 0 radical (unpaired) electrons. The summed E-state index contributed by atoms with van der Waals surface area (Å²) in [6, 6.07) is 0. The van der Waals surface area contributed by atoms with Gasteiger partial charge >= 0.3 is 0 Å². The molecule has 0 N–H and O–H groups in total. The van der Waals surface area contributed by atoms with E-state index < -0.39 is 0 Å². The van der Waals surface area contributed by atoms with Gasteiger partial charge in [0, 0.05) is 7.11 Å². The van der Waals surface area contributed by atoms with Crippen molar-refractivity contribution in [2.45, 2.75) is 103 Å². The third kappa shape index (κ3) is 12.4. The Balaban J connectivity index is 3.94. The number of methoxy groups -OCH3 is 1. The number of unbranched alkanes of at least 4 members (excludes halogenated alkanes) is 8. The van der Waals surface area contributed by atoms with Crippen molar-refractivity contribution >= 4 is 6.08 Å². The molecule has 0 aromatic heterocycles. The van der Waals surface area contributed by atoms with E-state index in [0.717, 1.165) is 12.8 Å². The average molecular weight is 326 g/mol. The van der Waals surface area contributed by atoms with Crippen molar-refractivity contribution in [2.24, 2.45) is 10.9 Å². The number of isocyanates is 1. The lowest BCUT2D eigenvalue weighted by atomic mass is 9.82. The molecule has 0 saturated carbocycles. The maximum absolute atomic E-state index is 10.0. The standard InChI is InChI=1S/C20H39NO2/c1-5-6-7-8-9-12-15-19(20(2,3)23-4)16-13-10-11-14-17-21-18-22/h19H,5-17H2,1-4H3. The lowest BCUT2D eigenvalue weighted by Crippen LogP contribution is -2.33. The van der Waals surface area contributed by atoms with E-state index in [1.807, 2.05) is 7.11 Å². The van der Waals surface area contributed by atoms with Gasteiger partial charge in [-0.05, 0) is 39.0 Å². The molecule has 1 atom stereocenters. The second-order valence-electron chi connectivity index (χ2n) is 7.24. The van der Waals surface area contributed by atoms with Crippen LogP contribution in [0.2, 0.25) is 0 Å². The highest BCUT2D eigenvalue weighted by atomic mass is 16.5. The zero-order valence-electron chi connectivity index (χ0n) is 16.0. The van der Waals surface area contributed by atoms with Crippen molar-refractivity contribution in [3.63, 3.8) is 0 Å². The third-order valence-corrected chi connectivity index (χ3v) is 5.05. The van der Waals surface area contributed by atoms with Crippen LogP contribution < -0.4 is 0 Å². The van der Waals surface area contributed by atoms with Crippen molar-refractivity contribution in [1.29, 1.82) is 0 Å². The second kappa shape index (κ2) is 14.9. The normalized spacial score (nSPS) is 12.9. The SMILES string of the molecule is CCCCCCCCC(CCCCCCN=C=O)C(C)(C)OC. The summed E-state index contributed by atoms with van der Waals surface area (Å²) in [6.45, 7) is 7.36. The third-order valence-electron chi connectivity index (χ3n) is 5.05. The second-order valence-corrected chi connectivity index (χ2v) is 7.24.